The molecule has 6 nitrogen and oxygen atoms in total. The summed E-state index contributed by atoms with van der Waals surface area (Å²) in [7, 11) is 1.75. The summed E-state index contributed by atoms with van der Waals surface area (Å²) in [6, 6.07) is 5.19. The number of carbonyl (C=O) groups is 1. The van der Waals surface area contributed by atoms with Gasteiger partial charge in [-0.1, -0.05) is 5.16 Å². The van der Waals surface area contributed by atoms with E-state index >= 15 is 0 Å². The molecule has 0 saturated heterocycles. The van der Waals surface area contributed by atoms with E-state index in [1.807, 2.05) is 13.8 Å². The van der Waals surface area contributed by atoms with Crippen LogP contribution in [-0.4, -0.2) is 29.8 Å². The van der Waals surface area contributed by atoms with E-state index in [9.17, 15) is 4.79 Å². The molecule has 6 heteroatoms. The van der Waals surface area contributed by atoms with Crippen LogP contribution in [0.25, 0.3) is 0 Å². The topological polar surface area (TPSA) is 64.8 Å². The molecule has 110 valence electrons. The summed E-state index contributed by atoms with van der Waals surface area (Å²) in [4.78, 5) is 14.1. The van der Waals surface area contributed by atoms with Crippen molar-refractivity contribution in [3.05, 3.63) is 40.8 Å². The van der Waals surface area contributed by atoms with Gasteiger partial charge in [0.05, 0.1) is 12.2 Å². The average molecular weight is 288 g/mol. The first-order chi connectivity index (χ1) is 10.1. The predicted octanol–water partition coefficient (Wildman–Crippen LogP) is 2.29. The number of fused-ring (bicyclic) bond motifs is 1. The number of carbonyl (C=O) groups excluding carboxylic acids is 1. The van der Waals surface area contributed by atoms with Gasteiger partial charge in [0.2, 0.25) is 6.79 Å². The third-order valence-corrected chi connectivity index (χ3v) is 3.54. The number of aromatic nitrogens is 1. The zero-order valence-electron chi connectivity index (χ0n) is 12.2. The second-order valence-electron chi connectivity index (χ2n) is 5.03. The van der Waals surface area contributed by atoms with Crippen molar-refractivity contribution in [2.45, 2.75) is 20.4 Å². The van der Waals surface area contributed by atoms with Crippen LogP contribution in [0.1, 0.15) is 27.4 Å². The lowest BCUT2D eigenvalue weighted by molar-refractivity contribution is 0.0784. The lowest BCUT2D eigenvalue weighted by Crippen LogP contribution is -2.26. The van der Waals surface area contributed by atoms with Gasteiger partial charge in [0.25, 0.3) is 5.91 Å². The fraction of sp³-hybridized carbons (Fsp3) is 0.333. The van der Waals surface area contributed by atoms with Gasteiger partial charge in [0.15, 0.2) is 11.5 Å². The summed E-state index contributed by atoms with van der Waals surface area (Å²) in [5, 5.41) is 3.90. The summed E-state index contributed by atoms with van der Waals surface area (Å²) in [6.07, 6.45) is 0. The normalized spacial score (nSPS) is 12.5. The van der Waals surface area contributed by atoms with Crippen molar-refractivity contribution in [3.8, 4) is 11.5 Å². The van der Waals surface area contributed by atoms with Gasteiger partial charge in [-0.3, -0.25) is 4.79 Å². The third kappa shape index (κ3) is 2.44. The number of benzene rings is 1. The van der Waals surface area contributed by atoms with Crippen molar-refractivity contribution in [1.29, 1.82) is 0 Å². The molecule has 0 aliphatic carbocycles. The van der Waals surface area contributed by atoms with Crippen molar-refractivity contribution in [3.63, 3.8) is 0 Å². The maximum absolute atomic E-state index is 12.5. The van der Waals surface area contributed by atoms with Gasteiger partial charge in [0, 0.05) is 18.2 Å². The first-order valence-electron chi connectivity index (χ1n) is 6.63. The quantitative estimate of drug-likeness (QED) is 0.867. The van der Waals surface area contributed by atoms with Gasteiger partial charge in [0.1, 0.15) is 5.76 Å². The van der Waals surface area contributed by atoms with Crippen LogP contribution in [-0.2, 0) is 6.54 Å². The minimum absolute atomic E-state index is 0.0895. The standard InChI is InChI=1S/C15H16N2O4/c1-9-12(10(2)21-16-9)7-17(3)15(18)11-4-5-13-14(6-11)20-8-19-13/h4-6H,7-8H2,1-3H3. The molecule has 1 aromatic carbocycles. The van der Waals surface area contributed by atoms with E-state index in [-0.39, 0.29) is 12.7 Å². The SMILES string of the molecule is Cc1noc(C)c1CN(C)C(=O)c1ccc2c(c1)OCO2. The van der Waals surface area contributed by atoms with Gasteiger partial charge in [-0.15, -0.1) is 0 Å². The van der Waals surface area contributed by atoms with Crippen molar-refractivity contribution in [2.75, 3.05) is 13.8 Å². The molecule has 0 unspecified atom stereocenters. The Morgan fingerprint density at radius 3 is 2.76 bits per heavy atom. The molecule has 1 aliphatic heterocycles. The van der Waals surface area contributed by atoms with Crippen LogP contribution in [0.5, 0.6) is 11.5 Å². The first kappa shape index (κ1) is 13.5. The lowest BCUT2D eigenvalue weighted by Gasteiger charge is -2.17. The van der Waals surface area contributed by atoms with E-state index in [1.165, 1.54) is 0 Å². The molecule has 0 radical (unpaired) electrons. The molecule has 3 rings (SSSR count). The number of ether oxygens (including phenoxy) is 2. The van der Waals surface area contributed by atoms with Crippen LogP contribution in [0.3, 0.4) is 0 Å². The molecule has 0 atom stereocenters. The van der Waals surface area contributed by atoms with Gasteiger partial charge >= 0.3 is 0 Å². The van der Waals surface area contributed by atoms with Crippen molar-refractivity contribution in [1.82, 2.24) is 10.1 Å². The zero-order chi connectivity index (χ0) is 15.0. The second-order valence-corrected chi connectivity index (χ2v) is 5.03. The maximum Gasteiger partial charge on any atom is 0.254 e. The molecular formula is C15H16N2O4. The summed E-state index contributed by atoms with van der Waals surface area (Å²) < 4.78 is 15.7. The highest BCUT2D eigenvalue weighted by molar-refractivity contribution is 5.94. The molecule has 0 fully saturated rings. The van der Waals surface area contributed by atoms with Crippen LogP contribution in [0, 0.1) is 13.8 Å². The number of hydrogen-bond acceptors (Lipinski definition) is 5. The van der Waals surface area contributed by atoms with Gasteiger partial charge in [-0.05, 0) is 32.0 Å². The van der Waals surface area contributed by atoms with E-state index < -0.39 is 0 Å². The number of amides is 1. The Bertz CT molecular complexity index is 673. The van der Waals surface area contributed by atoms with E-state index in [4.69, 9.17) is 14.0 Å². The number of aryl methyl sites for hydroxylation is 2. The van der Waals surface area contributed by atoms with Gasteiger partial charge in [-0.25, -0.2) is 0 Å². The highest BCUT2D eigenvalue weighted by Crippen LogP contribution is 2.32. The second kappa shape index (κ2) is 5.12. The Hall–Kier alpha value is -2.50. The average Bonchev–Trinajstić information content (AvgIpc) is 3.07. The molecule has 0 N–H and O–H groups in total. The molecule has 0 spiro atoms. The van der Waals surface area contributed by atoms with E-state index in [1.54, 1.807) is 30.1 Å². The zero-order valence-corrected chi connectivity index (χ0v) is 12.2. The molecule has 2 heterocycles. The first-order valence-corrected chi connectivity index (χ1v) is 6.63. The van der Waals surface area contributed by atoms with Gasteiger partial charge < -0.3 is 18.9 Å². The molecule has 1 aromatic heterocycles. The monoisotopic (exact) mass is 288 g/mol. The Morgan fingerprint density at radius 1 is 1.29 bits per heavy atom. The van der Waals surface area contributed by atoms with Gasteiger partial charge in [-0.2, -0.15) is 0 Å². The predicted molar refractivity (Wildman–Crippen MR) is 74.3 cm³/mol. The molecular weight excluding hydrogens is 272 g/mol. The summed E-state index contributed by atoms with van der Waals surface area (Å²) >= 11 is 0. The number of rotatable bonds is 3. The largest absolute Gasteiger partial charge is 0.454 e. The number of hydrogen-bond donors (Lipinski definition) is 0. The highest BCUT2D eigenvalue weighted by atomic mass is 16.7. The summed E-state index contributed by atoms with van der Waals surface area (Å²) in [5.41, 5.74) is 2.30. The van der Waals surface area contributed by atoms with Crippen molar-refractivity contribution < 1.29 is 18.8 Å². The van der Waals surface area contributed by atoms with Crippen LogP contribution in [0.2, 0.25) is 0 Å². The van der Waals surface area contributed by atoms with Crippen LogP contribution < -0.4 is 9.47 Å². The molecule has 0 saturated carbocycles. The van der Waals surface area contributed by atoms with Crippen LogP contribution >= 0.6 is 0 Å². The smallest absolute Gasteiger partial charge is 0.254 e. The Kier molecular flexibility index (Phi) is 3.29. The van der Waals surface area contributed by atoms with E-state index in [0.29, 0.717) is 23.6 Å². The molecule has 1 amide bonds. The fourth-order valence-electron chi connectivity index (χ4n) is 2.29. The maximum atomic E-state index is 12.5. The van der Waals surface area contributed by atoms with Crippen LogP contribution in [0.15, 0.2) is 22.7 Å². The minimum Gasteiger partial charge on any atom is -0.454 e. The molecule has 0 bridgehead atoms. The fourth-order valence-corrected chi connectivity index (χ4v) is 2.29. The van der Waals surface area contributed by atoms with Crippen molar-refractivity contribution in [2.24, 2.45) is 0 Å². The summed E-state index contributed by atoms with van der Waals surface area (Å²) in [5.74, 6) is 1.91. The highest BCUT2D eigenvalue weighted by Gasteiger charge is 2.20. The molecule has 21 heavy (non-hydrogen) atoms. The van der Waals surface area contributed by atoms with E-state index in [0.717, 1.165) is 17.0 Å². The van der Waals surface area contributed by atoms with Crippen LogP contribution in [0.4, 0.5) is 0 Å². The third-order valence-electron chi connectivity index (χ3n) is 3.54. The lowest BCUT2D eigenvalue weighted by atomic mass is 10.1. The van der Waals surface area contributed by atoms with Crippen molar-refractivity contribution >= 4 is 5.91 Å². The molecule has 2 aromatic rings. The Labute approximate surface area is 122 Å². The molecule has 1 aliphatic rings. The summed E-state index contributed by atoms with van der Waals surface area (Å²) in [6.45, 7) is 4.36. The van der Waals surface area contributed by atoms with E-state index in [2.05, 4.69) is 5.16 Å². The Morgan fingerprint density at radius 2 is 2.05 bits per heavy atom. The minimum atomic E-state index is -0.0895. The Balaban J connectivity index is 1.78. The number of nitrogens with zero attached hydrogens (tertiary/aromatic N) is 2.